The molecule has 2 atom stereocenters. The van der Waals surface area contributed by atoms with Crippen LogP contribution in [0.3, 0.4) is 0 Å². The van der Waals surface area contributed by atoms with Crippen LogP contribution in [0.4, 0.5) is 0 Å². The molecular formula is C24H31ClN2O5S. The van der Waals surface area contributed by atoms with E-state index in [9.17, 15) is 18.0 Å². The number of nitrogens with zero attached hydrogens (tertiary/aromatic N) is 1. The third-order valence-corrected chi connectivity index (χ3v) is 7.63. The molecule has 0 bridgehead atoms. The normalized spacial score (nSPS) is 13.4. The molecule has 1 N–H and O–H groups in total. The number of nitrogens with one attached hydrogen (secondary N) is 1. The molecule has 2 aromatic rings. The molecule has 0 aliphatic heterocycles. The van der Waals surface area contributed by atoms with Gasteiger partial charge in [-0.25, -0.2) is 13.2 Å². The minimum absolute atomic E-state index is 0.0410. The van der Waals surface area contributed by atoms with Gasteiger partial charge in [-0.15, -0.1) is 0 Å². The minimum atomic E-state index is -3.78. The van der Waals surface area contributed by atoms with Crippen molar-refractivity contribution in [2.75, 3.05) is 13.1 Å². The summed E-state index contributed by atoms with van der Waals surface area (Å²) < 4.78 is 32.2. The van der Waals surface area contributed by atoms with Gasteiger partial charge >= 0.3 is 5.97 Å². The molecule has 0 aliphatic carbocycles. The van der Waals surface area contributed by atoms with Crippen molar-refractivity contribution in [2.24, 2.45) is 0 Å². The van der Waals surface area contributed by atoms with E-state index >= 15 is 0 Å². The summed E-state index contributed by atoms with van der Waals surface area (Å²) in [6.07, 6.45) is 0.491. The molecule has 0 aliphatic rings. The lowest BCUT2D eigenvalue weighted by molar-refractivity contribution is -0.129. The Labute approximate surface area is 201 Å². The van der Waals surface area contributed by atoms with E-state index in [-0.39, 0.29) is 21.5 Å². The molecule has 7 nitrogen and oxygen atoms in total. The molecule has 2 aromatic carbocycles. The molecule has 9 heteroatoms. The summed E-state index contributed by atoms with van der Waals surface area (Å²) in [6, 6.07) is 13.2. The molecule has 0 spiro atoms. The molecular weight excluding hydrogens is 464 g/mol. The van der Waals surface area contributed by atoms with Gasteiger partial charge in [0.05, 0.1) is 21.5 Å². The lowest BCUT2D eigenvalue weighted by Gasteiger charge is -2.22. The Kier molecular flexibility index (Phi) is 9.88. The van der Waals surface area contributed by atoms with Crippen molar-refractivity contribution in [3.05, 3.63) is 64.7 Å². The van der Waals surface area contributed by atoms with Crippen LogP contribution < -0.4 is 5.32 Å². The first-order valence-corrected chi connectivity index (χ1v) is 12.8. The number of halogens is 1. The van der Waals surface area contributed by atoms with Gasteiger partial charge in [-0.2, -0.15) is 4.31 Å². The van der Waals surface area contributed by atoms with E-state index in [4.69, 9.17) is 16.3 Å². The highest BCUT2D eigenvalue weighted by Crippen LogP contribution is 2.24. The van der Waals surface area contributed by atoms with E-state index in [0.717, 1.165) is 18.4 Å². The van der Waals surface area contributed by atoms with Crippen LogP contribution in [0.2, 0.25) is 5.02 Å². The van der Waals surface area contributed by atoms with Gasteiger partial charge in [0.15, 0.2) is 6.10 Å². The maximum absolute atomic E-state index is 12.8. The maximum Gasteiger partial charge on any atom is 0.340 e. The zero-order valence-electron chi connectivity index (χ0n) is 19.4. The van der Waals surface area contributed by atoms with E-state index in [1.165, 1.54) is 29.4 Å². The fraction of sp³-hybridized carbons (Fsp3) is 0.417. The largest absolute Gasteiger partial charge is 0.449 e. The number of amides is 1. The van der Waals surface area contributed by atoms with Gasteiger partial charge in [0.2, 0.25) is 10.0 Å². The van der Waals surface area contributed by atoms with Crippen LogP contribution in [0.25, 0.3) is 0 Å². The van der Waals surface area contributed by atoms with Crippen LogP contribution in [-0.2, 0) is 19.6 Å². The van der Waals surface area contributed by atoms with Gasteiger partial charge in [-0.1, -0.05) is 69.1 Å². The molecule has 0 heterocycles. The first kappa shape index (κ1) is 26.8. The molecule has 180 valence electrons. The molecule has 0 aromatic heterocycles. The van der Waals surface area contributed by atoms with E-state index in [0.29, 0.717) is 13.1 Å². The number of sulfonamides is 1. The standard InChI is InChI=1S/C24H31ClN2O5S/c1-5-11-22(18-12-9-8-10-13-18)26-23(28)17(4)32-24(29)20-16-19(14-15-21(20)25)33(30,31)27(6-2)7-3/h8-10,12-17,22H,5-7,11H2,1-4H3,(H,26,28). The first-order valence-electron chi connectivity index (χ1n) is 11.0. The third kappa shape index (κ3) is 6.79. The van der Waals surface area contributed by atoms with Crippen molar-refractivity contribution in [1.29, 1.82) is 0 Å². The Bertz CT molecular complexity index is 1060. The predicted octanol–water partition coefficient (Wildman–Crippen LogP) is 4.57. The number of carbonyl (C=O) groups is 2. The smallest absolute Gasteiger partial charge is 0.340 e. The summed E-state index contributed by atoms with van der Waals surface area (Å²) in [4.78, 5) is 25.4. The monoisotopic (exact) mass is 494 g/mol. The van der Waals surface area contributed by atoms with Crippen LogP contribution >= 0.6 is 11.6 Å². The Morgan fingerprint density at radius 1 is 1.06 bits per heavy atom. The Hall–Kier alpha value is -2.42. The summed E-state index contributed by atoms with van der Waals surface area (Å²) in [5.74, 6) is -1.32. The quantitative estimate of drug-likeness (QED) is 0.462. The third-order valence-electron chi connectivity index (χ3n) is 5.25. The van der Waals surface area contributed by atoms with E-state index in [1.54, 1.807) is 13.8 Å². The zero-order valence-corrected chi connectivity index (χ0v) is 20.9. The van der Waals surface area contributed by atoms with Gasteiger partial charge in [0.25, 0.3) is 5.91 Å². The van der Waals surface area contributed by atoms with Crippen molar-refractivity contribution >= 4 is 33.5 Å². The first-order chi connectivity index (χ1) is 15.6. The van der Waals surface area contributed by atoms with Crippen molar-refractivity contribution in [3.63, 3.8) is 0 Å². The summed E-state index contributed by atoms with van der Waals surface area (Å²) in [5.41, 5.74) is 0.848. The molecule has 0 saturated heterocycles. The number of ether oxygens (including phenoxy) is 1. The van der Waals surface area contributed by atoms with Crippen LogP contribution in [0, 0.1) is 0 Å². The molecule has 2 rings (SSSR count). The average molecular weight is 495 g/mol. The second-order valence-electron chi connectivity index (χ2n) is 7.54. The fourth-order valence-corrected chi connectivity index (χ4v) is 5.08. The molecule has 0 fully saturated rings. The maximum atomic E-state index is 12.8. The summed E-state index contributed by atoms with van der Waals surface area (Å²) >= 11 is 6.15. The van der Waals surface area contributed by atoms with Gasteiger partial charge < -0.3 is 10.1 Å². The number of esters is 1. The van der Waals surface area contributed by atoms with Gasteiger partial charge in [-0.05, 0) is 37.1 Å². The number of hydrogen-bond acceptors (Lipinski definition) is 5. The van der Waals surface area contributed by atoms with E-state index in [2.05, 4.69) is 5.32 Å². The second kappa shape index (κ2) is 12.2. The topological polar surface area (TPSA) is 92.8 Å². The lowest BCUT2D eigenvalue weighted by atomic mass is 10.0. The second-order valence-corrected chi connectivity index (χ2v) is 9.88. The zero-order chi connectivity index (χ0) is 24.6. The van der Waals surface area contributed by atoms with Crippen LogP contribution in [0.1, 0.15) is 62.5 Å². The number of rotatable bonds is 11. The van der Waals surface area contributed by atoms with Crippen LogP contribution in [0.15, 0.2) is 53.4 Å². The predicted molar refractivity (Wildman–Crippen MR) is 129 cm³/mol. The van der Waals surface area contributed by atoms with Crippen LogP contribution in [0.5, 0.6) is 0 Å². The summed E-state index contributed by atoms with van der Waals surface area (Å²) in [5, 5.41) is 2.96. The van der Waals surface area contributed by atoms with Gasteiger partial charge in [0.1, 0.15) is 0 Å². The lowest BCUT2D eigenvalue weighted by Crippen LogP contribution is -2.38. The number of hydrogen-bond donors (Lipinski definition) is 1. The Morgan fingerprint density at radius 3 is 2.27 bits per heavy atom. The van der Waals surface area contributed by atoms with Crippen molar-refractivity contribution in [2.45, 2.75) is 57.6 Å². The summed E-state index contributed by atoms with van der Waals surface area (Å²) in [7, 11) is -3.78. The highest BCUT2D eigenvalue weighted by molar-refractivity contribution is 7.89. The Balaban J connectivity index is 2.17. The molecule has 2 unspecified atom stereocenters. The number of benzene rings is 2. The van der Waals surface area contributed by atoms with Gasteiger partial charge in [-0.3, -0.25) is 4.79 Å². The summed E-state index contributed by atoms with van der Waals surface area (Å²) in [6.45, 7) is 7.53. The number of carbonyl (C=O) groups excluding carboxylic acids is 2. The molecule has 1 amide bonds. The van der Waals surface area contributed by atoms with E-state index < -0.39 is 28.0 Å². The van der Waals surface area contributed by atoms with Gasteiger partial charge in [0, 0.05) is 13.1 Å². The Morgan fingerprint density at radius 2 is 1.70 bits per heavy atom. The van der Waals surface area contributed by atoms with Crippen molar-refractivity contribution in [1.82, 2.24) is 9.62 Å². The SMILES string of the molecule is CCCC(NC(=O)C(C)OC(=O)c1cc(S(=O)(=O)N(CC)CC)ccc1Cl)c1ccccc1. The fourth-order valence-electron chi connectivity index (χ4n) is 3.40. The highest BCUT2D eigenvalue weighted by atomic mass is 35.5. The van der Waals surface area contributed by atoms with Crippen LogP contribution in [-0.4, -0.2) is 43.8 Å². The molecule has 0 saturated carbocycles. The van der Waals surface area contributed by atoms with Crippen molar-refractivity contribution < 1.29 is 22.7 Å². The van der Waals surface area contributed by atoms with Crippen molar-refractivity contribution in [3.8, 4) is 0 Å². The molecule has 0 radical (unpaired) electrons. The average Bonchev–Trinajstić information content (AvgIpc) is 2.79. The molecule has 33 heavy (non-hydrogen) atoms. The van der Waals surface area contributed by atoms with E-state index in [1.807, 2.05) is 37.3 Å². The highest BCUT2D eigenvalue weighted by Gasteiger charge is 2.27. The minimum Gasteiger partial charge on any atom is -0.449 e.